The first kappa shape index (κ1) is 15.9. The number of ether oxygens (including phenoxy) is 3. The highest BCUT2D eigenvalue weighted by molar-refractivity contribution is 4.69. The van der Waals surface area contributed by atoms with Crippen LogP contribution in [-0.4, -0.2) is 53.2 Å². The summed E-state index contributed by atoms with van der Waals surface area (Å²) in [6.07, 6.45) is 6.61. The average Bonchev–Trinajstić information content (AvgIpc) is 2.89. The van der Waals surface area contributed by atoms with Gasteiger partial charge in [-0.2, -0.15) is 0 Å². The molecular weight excluding hydrogens is 230 g/mol. The van der Waals surface area contributed by atoms with Gasteiger partial charge in [-0.05, 0) is 31.7 Å². The first-order valence-electron chi connectivity index (χ1n) is 7.28. The van der Waals surface area contributed by atoms with Crippen LogP contribution >= 0.6 is 0 Å². The molecule has 0 amide bonds. The normalized spacial score (nSPS) is 16.5. The van der Waals surface area contributed by atoms with Gasteiger partial charge in [0.2, 0.25) is 0 Å². The van der Waals surface area contributed by atoms with E-state index in [0.29, 0.717) is 13.2 Å². The molecule has 0 aromatic rings. The monoisotopic (exact) mass is 259 g/mol. The van der Waals surface area contributed by atoms with Crippen molar-refractivity contribution in [3.63, 3.8) is 0 Å². The number of rotatable bonds is 12. The van der Waals surface area contributed by atoms with Crippen LogP contribution in [0.1, 0.15) is 32.1 Å². The minimum absolute atomic E-state index is 0.687. The summed E-state index contributed by atoms with van der Waals surface area (Å²) in [5, 5.41) is 3.46. The maximum atomic E-state index is 5.49. The van der Waals surface area contributed by atoms with Crippen molar-refractivity contribution in [2.45, 2.75) is 32.1 Å². The van der Waals surface area contributed by atoms with Crippen LogP contribution in [0, 0.1) is 5.92 Å². The van der Waals surface area contributed by atoms with E-state index in [1.807, 2.05) is 0 Å². The molecule has 0 radical (unpaired) electrons. The Kier molecular flexibility index (Phi) is 10.5. The average molecular weight is 259 g/mol. The van der Waals surface area contributed by atoms with E-state index in [1.54, 1.807) is 7.11 Å². The fourth-order valence-corrected chi connectivity index (χ4v) is 2.29. The lowest BCUT2D eigenvalue weighted by atomic mass is 10.1. The van der Waals surface area contributed by atoms with Crippen molar-refractivity contribution in [2.24, 2.45) is 5.92 Å². The predicted molar refractivity (Wildman–Crippen MR) is 73.0 cm³/mol. The van der Waals surface area contributed by atoms with Crippen LogP contribution < -0.4 is 5.32 Å². The molecule has 1 aliphatic carbocycles. The first-order chi connectivity index (χ1) is 8.93. The summed E-state index contributed by atoms with van der Waals surface area (Å²) >= 11 is 0. The molecule has 0 saturated heterocycles. The molecule has 4 nitrogen and oxygen atoms in total. The van der Waals surface area contributed by atoms with Gasteiger partial charge < -0.3 is 19.5 Å². The molecule has 0 aliphatic heterocycles. The van der Waals surface area contributed by atoms with Gasteiger partial charge in [-0.25, -0.2) is 0 Å². The van der Waals surface area contributed by atoms with Gasteiger partial charge in [0.25, 0.3) is 0 Å². The van der Waals surface area contributed by atoms with Crippen molar-refractivity contribution in [1.29, 1.82) is 0 Å². The molecule has 1 fully saturated rings. The van der Waals surface area contributed by atoms with Crippen LogP contribution in [0.4, 0.5) is 0 Å². The fraction of sp³-hybridized carbons (Fsp3) is 1.00. The molecule has 0 spiro atoms. The molecule has 0 aromatic heterocycles. The van der Waals surface area contributed by atoms with Crippen molar-refractivity contribution in [1.82, 2.24) is 5.32 Å². The van der Waals surface area contributed by atoms with Gasteiger partial charge in [-0.3, -0.25) is 0 Å². The van der Waals surface area contributed by atoms with Gasteiger partial charge in [-0.1, -0.05) is 12.8 Å². The molecule has 0 aromatic carbocycles. The molecule has 0 atom stereocenters. The van der Waals surface area contributed by atoms with Gasteiger partial charge in [0.1, 0.15) is 0 Å². The Balaban J connectivity index is 1.68. The Hall–Kier alpha value is -0.160. The minimum Gasteiger partial charge on any atom is -0.385 e. The summed E-state index contributed by atoms with van der Waals surface area (Å²) in [6, 6.07) is 0. The molecule has 108 valence electrons. The zero-order valence-electron chi connectivity index (χ0n) is 11.8. The Morgan fingerprint density at radius 3 is 2.39 bits per heavy atom. The third-order valence-electron chi connectivity index (χ3n) is 3.34. The number of methoxy groups -OCH3 is 1. The summed E-state index contributed by atoms with van der Waals surface area (Å²) in [7, 11) is 1.71. The Bertz CT molecular complexity index is 172. The highest BCUT2D eigenvalue weighted by Crippen LogP contribution is 2.23. The van der Waals surface area contributed by atoms with Gasteiger partial charge in [0.15, 0.2) is 0 Å². The zero-order chi connectivity index (χ0) is 12.9. The van der Waals surface area contributed by atoms with Crippen LogP contribution in [-0.2, 0) is 14.2 Å². The molecule has 1 N–H and O–H groups in total. The highest BCUT2D eigenvalue weighted by atomic mass is 16.5. The summed E-state index contributed by atoms with van der Waals surface area (Å²) in [4.78, 5) is 0. The largest absolute Gasteiger partial charge is 0.385 e. The van der Waals surface area contributed by atoms with Crippen molar-refractivity contribution < 1.29 is 14.2 Å². The quantitative estimate of drug-likeness (QED) is 0.543. The Labute approximate surface area is 111 Å². The summed E-state index contributed by atoms with van der Waals surface area (Å²) < 4.78 is 15.8. The van der Waals surface area contributed by atoms with E-state index >= 15 is 0 Å². The van der Waals surface area contributed by atoms with Crippen LogP contribution in [0.15, 0.2) is 0 Å². The predicted octanol–water partition coefficient (Wildman–Crippen LogP) is 1.84. The molecule has 18 heavy (non-hydrogen) atoms. The summed E-state index contributed by atoms with van der Waals surface area (Å²) in [6.45, 7) is 5.82. The van der Waals surface area contributed by atoms with Crippen LogP contribution in [0.25, 0.3) is 0 Å². The summed E-state index contributed by atoms with van der Waals surface area (Å²) in [5.41, 5.74) is 0. The lowest BCUT2D eigenvalue weighted by Gasteiger charge is -2.10. The van der Waals surface area contributed by atoms with E-state index < -0.39 is 0 Å². The minimum atomic E-state index is 0.687. The number of nitrogens with one attached hydrogen (secondary N) is 1. The number of hydrogen-bond acceptors (Lipinski definition) is 4. The van der Waals surface area contributed by atoms with Crippen LogP contribution in [0.5, 0.6) is 0 Å². The van der Waals surface area contributed by atoms with Gasteiger partial charge in [0.05, 0.1) is 19.8 Å². The lowest BCUT2D eigenvalue weighted by Crippen LogP contribution is -2.25. The van der Waals surface area contributed by atoms with Crippen LogP contribution in [0.2, 0.25) is 0 Å². The molecule has 0 heterocycles. The van der Waals surface area contributed by atoms with E-state index in [0.717, 1.165) is 45.2 Å². The fourth-order valence-electron chi connectivity index (χ4n) is 2.29. The van der Waals surface area contributed by atoms with Gasteiger partial charge in [0, 0.05) is 26.9 Å². The molecule has 0 unspecified atom stereocenters. The van der Waals surface area contributed by atoms with Gasteiger partial charge in [-0.15, -0.1) is 0 Å². The Morgan fingerprint density at radius 1 is 0.944 bits per heavy atom. The molecule has 1 aliphatic rings. The first-order valence-corrected chi connectivity index (χ1v) is 7.28. The second kappa shape index (κ2) is 11.9. The van der Waals surface area contributed by atoms with E-state index in [-0.39, 0.29) is 0 Å². The maximum Gasteiger partial charge on any atom is 0.0701 e. The topological polar surface area (TPSA) is 39.7 Å². The standard InChI is InChI=1S/C14H29NO3/c1-16-8-4-9-17-11-12-18-10-7-15-13-14-5-2-3-6-14/h14-15H,2-13H2,1H3. The third-order valence-corrected chi connectivity index (χ3v) is 3.34. The molecular formula is C14H29NO3. The summed E-state index contributed by atoms with van der Waals surface area (Å²) in [5.74, 6) is 0.911. The van der Waals surface area contributed by atoms with E-state index in [4.69, 9.17) is 14.2 Å². The Morgan fingerprint density at radius 2 is 1.67 bits per heavy atom. The van der Waals surface area contributed by atoms with Crippen molar-refractivity contribution >= 4 is 0 Å². The highest BCUT2D eigenvalue weighted by Gasteiger charge is 2.13. The van der Waals surface area contributed by atoms with E-state index in [9.17, 15) is 0 Å². The third kappa shape index (κ3) is 8.86. The van der Waals surface area contributed by atoms with Crippen molar-refractivity contribution in [3.05, 3.63) is 0 Å². The number of hydrogen-bond donors (Lipinski definition) is 1. The maximum absolute atomic E-state index is 5.49. The second-order valence-electron chi connectivity index (χ2n) is 4.93. The zero-order valence-corrected chi connectivity index (χ0v) is 11.8. The van der Waals surface area contributed by atoms with E-state index in [1.165, 1.54) is 25.7 Å². The molecule has 0 bridgehead atoms. The van der Waals surface area contributed by atoms with Crippen molar-refractivity contribution in [3.8, 4) is 0 Å². The smallest absolute Gasteiger partial charge is 0.0701 e. The molecule has 1 rings (SSSR count). The van der Waals surface area contributed by atoms with Crippen LogP contribution in [0.3, 0.4) is 0 Å². The van der Waals surface area contributed by atoms with Gasteiger partial charge >= 0.3 is 0 Å². The molecule has 4 heteroatoms. The van der Waals surface area contributed by atoms with Crippen molar-refractivity contribution in [2.75, 3.05) is 53.2 Å². The second-order valence-corrected chi connectivity index (χ2v) is 4.93. The molecule has 1 saturated carbocycles. The van der Waals surface area contributed by atoms with E-state index in [2.05, 4.69) is 5.32 Å². The lowest BCUT2D eigenvalue weighted by molar-refractivity contribution is 0.0407. The SMILES string of the molecule is COCCCOCCOCCNCC1CCCC1.